The molecule has 166 valence electrons. The third kappa shape index (κ3) is 4.91. The summed E-state index contributed by atoms with van der Waals surface area (Å²) in [5, 5.41) is 21.3. The van der Waals surface area contributed by atoms with Gasteiger partial charge in [0.25, 0.3) is 0 Å². The van der Waals surface area contributed by atoms with Crippen LogP contribution >= 0.6 is 0 Å². The lowest BCUT2D eigenvalue weighted by molar-refractivity contribution is 0.444. The SMILES string of the molecule is CC(C)c1cc(O)c(C(C)(C)C)cc1S(=O)c1cc(C(C)(C)C)c(O)cc1C(C)C. The predicted molar refractivity (Wildman–Crippen MR) is 126 cm³/mol. The molecule has 2 aromatic rings. The lowest BCUT2D eigenvalue weighted by Crippen LogP contribution is -2.15. The second-order valence-electron chi connectivity index (χ2n) is 10.9. The van der Waals surface area contributed by atoms with Crippen LogP contribution < -0.4 is 0 Å². The zero-order chi connectivity index (χ0) is 23.2. The molecule has 3 nitrogen and oxygen atoms in total. The highest BCUT2D eigenvalue weighted by Gasteiger charge is 2.28. The van der Waals surface area contributed by atoms with E-state index in [0.29, 0.717) is 0 Å². The van der Waals surface area contributed by atoms with E-state index in [9.17, 15) is 14.4 Å². The van der Waals surface area contributed by atoms with Gasteiger partial charge in [0.15, 0.2) is 0 Å². The van der Waals surface area contributed by atoms with Crippen LogP contribution in [0.15, 0.2) is 34.1 Å². The minimum absolute atomic E-state index is 0.116. The van der Waals surface area contributed by atoms with Gasteiger partial charge < -0.3 is 10.2 Å². The molecule has 0 saturated heterocycles. The third-order valence-corrected chi connectivity index (χ3v) is 7.02. The lowest BCUT2D eigenvalue weighted by atomic mass is 9.85. The molecule has 0 aromatic heterocycles. The molecule has 4 heteroatoms. The summed E-state index contributed by atoms with van der Waals surface area (Å²) in [7, 11) is -1.44. The number of hydrogen-bond donors (Lipinski definition) is 2. The molecule has 0 bridgehead atoms. The highest BCUT2D eigenvalue weighted by atomic mass is 32.2. The second-order valence-corrected chi connectivity index (χ2v) is 12.3. The summed E-state index contributed by atoms with van der Waals surface area (Å²) >= 11 is 0. The van der Waals surface area contributed by atoms with Crippen molar-refractivity contribution in [2.75, 3.05) is 0 Å². The summed E-state index contributed by atoms with van der Waals surface area (Å²) in [4.78, 5) is 1.47. The lowest BCUT2D eigenvalue weighted by Gasteiger charge is -2.26. The maximum atomic E-state index is 14.0. The van der Waals surface area contributed by atoms with Crippen molar-refractivity contribution < 1.29 is 14.4 Å². The number of hydrogen-bond acceptors (Lipinski definition) is 3. The molecule has 0 amide bonds. The van der Waals surface area contributed by atoms with Gasteiger partial charge in [-0.3, -0.25) is 0 Å². The number of aromatic hydroxyl groups is 2. The van der Waals surface area contributed by atoms with E-state index < -0.39 is 10.8 Å². The van der Waals surface area contributed by atoms with Gasteiger partial charge in [-0.15, -0.1) is 0 Å². The Labute approximate surface area is 185 Å². The average Bonchev–Trinajstić information content (AvgIpc) is 2.58. The fraction of sp³-hybridized carbons (Fsp3) is 0.538. The van der Waals surface area contributed by atoms with Gasteiger partial charge in [-0.2, -0.15) is 0 Å². The quantitative estimate of drug-likeness (QED) is 0.543. The standard InChI is InChI=1S/C26H38O3S/c1-15(2)17-11-21(27)19(25(5,6)7)13-23(17)30(29)24-14-20(26(8,9)10)22(28)12-18(24)16(3)4/h11-16,27-28H,1-10H3. The largest absolute Gasteiger partial charge is 0.508 e. The van der Waals surface area contributed by atoms with Gasteiger partial charge in [0.05, 0.1) is 10.8 Å². The highest BCUT2D eigenvalue weighted by Crippen LogP contribution is 2.41. The molecule has 0 unspecified atom stereocenters. The molecule has 0 radical (unpaired) electrons. The molecular weight excluding hydrogens is 392 g/mol. The van der Waals surface area contributed by atoms with Crippen molar-refractivity contribution in [3.63, 3.8) is 0 Å². The fourth-order valence-electron chi connectivity index (χ4n) is 3.71. The van der Waals surface area contributed by atoms with Crippen molar-refractivity contribution in [2.24, 2.45) is 0 Å². The van der Waals surface area contributed by atoms with Gasteiger partial charge >= 0.3 is 0 Å². The first-order chi connectivity index (χ1) is 13.6. The van der Waals surface area contributed by atoms with Crippen LogP contribution in [-0.2, 0) is 21.6 Å². The maximum Gasteiger partial charge on any atom is 0.119 e. The molecule has 0 aliphatic heterocycles. The van der Waals surface area contributed by atoms with Crippen LogP contribution in [0.5, 0.6) is 11.5 Å². The Hall–Kier alpha value is -1.81. The predicted octanol–water partition coefficient (Wildman–Crippen LogP) is 7.11. The maximum absolute atomic E-state index is 14.0. The monoisotopic (exact) mass is 430 g/mol. The Bertz CT molecular complexity index is 880. The molecule has 0 saturated carbocycles. The highest BCUT2D eigenvalue weighted by molar-refractivity contribution is 7.85. The van der Waals surface area contributed by atoms with Crippen molar-refractivity contribution in [3.05, 3.63) is 46.5 Å². The van der Waals surface area contributed by atoms with Crippen molar-refractivity contribution in [3.8, 4) is 11.5 Å². The van der Waals surface area contributed by atoms with E-state index in [-0.39, 0.29) is 34.2 Å². The molecule has 2 aromatic carbocycles. The topological polar surface area (TPSA) is 57.5 Å². The van der Waals surface area contributed by atoms with Crippen LogP contribution in [0.25, 0.3) is 0 Å². The van der Waals surface area contributed by atoms with Crippen molar-refractivity contribution in [1.29, 1.82) is 0 Å². The van der Waals surface area contributed by atoms with E-state index in [1.807, 2.05) is 81.4 Å². The molecule has 2 rings (SSSR count). The average molecular weight is 431 g/mol. The Morgan fingerprint density at radius 1 is 0.667 bits per heavy atom. The Balaban J connectivity index is 2.85. The first kappa shape index (κ1) is 24.5. The number of phenolic OH excluding ortho intramolecular Hbond substituents is 2. The summed E-state index contributed by atoms with van der Waals surface area (Å²) in [6.45, 7) is 20.5. The van der Waals surface area contributed by atoms with E-state index in [0.717, 1.165) is 32.0 Å². The summed E-state index contributed by atoms with van der Waals surface area (Å²) in [5.74, 6) is 0.727. The van der Waals surface area contributed by atoms with Crippen molar-refractivity contribution in [2.45, 2.75) is 102 Å². The minimum atomic E-state index is -1.44. The van der Waals surface area contributed by atoms with Crippen LogP contribution in [0.1, 0.15) is 103 Å². The minimum Gasteiger partial charge on any atom is -0.508 e. The Kier molecular flexibility index (Phi) is 6.83. The van der Waals surface area contributed by atoms with E-state index in [4.69, 9.17) is 0 Å². The van der Waals surface area contributed by atoms with E-state index >= 15 is 0 Å². The molecule has 0 aliphatic carbocycles. The number of benzene rings is 2. The molecule has 0 atom stereocenters. The first-order valence-corrected chi connectivity index (χ1v) is 11.9. The molecule has 0 fully saturated rings. The summed E-state index contributed by atoms with van der Waals surface area (Å²) < 4.78 is 14.0. The van der Waals surface area contributed by atoms with Gasteiger partial charge in [0, 0.05) is 20.9 Å². The van der Waals surface area contributed by atoms with Gasteiger partial charge in [0.2, 0.25) is 0 Å². The first-order valence-electron chi connectivity index (χ1n) is 10.7. The van der Waals surface area contributed by atoms with Crippen LogP contribution in [0.2, 0.25) is 0 Å². The molecule has 0 spiro atoms. The Morgan fingerprint density at radius 2 is 0.967 bits per heavy atom. The number of rotatable bonds is 4. The van der Waals surface area contributed by atoms with Crippen LogP contribution in [0.4, 0.5) is 0 Å². The van der Waals surface area contributed by atoms with Gasteiger partial charge in [0.1, 0.15) is 11.5 Å². The Morgan fingerprint density at radius 3 is 1.20 bits per heavy atom. The van der Waals surface area contributed by atoms with Gasteiger partial charge in [-0.1, -0.05) is 69.2 Å². The molecular formula is C26H38O3S. The molecule has 0 aliphatic rings. The third-order valence-electron chi connectivity index (χ3n) is 5.52. The smallest absolute Gasteiger partial charge is 0.119 e. The van der Waals surface area contributed by atoms with Crippen molar-refractivity contribution in [1.82, 2.24) is 0 Å². The van der Waals surface area contributed by atoms with Gasteiger partial charge in [-0.25, -0.2) is 4.21 Å². The summed E-state index contributed by atoms with van der Waals surface area (Å²) in [6, 6.07) is 7.38. The fourth-order valence-corrected chi connectivity index (χ4v) is 5.42. The molecule has 2 N–H and O–H groups in total. The normalized spacial score (nSPS) is 13.0. The van der Waals surface area contributed by atoms with E-state index in [1.165, 1.54) is 0 Å². The van der Waals surface area contributed by atoms with E-state index in [1.54, 1.807) is 12.1 Å². The van der Waals surface area contributed by atoms with Crippen LogP contribution in [-0.4, -0.2) is 14.4 Å². The van der Waals surface area contributed by atoms with E-state index in [2.05, 4.69) is 0 Å². The second kappa shape index (κ2) is 8.37. The number of phenols is 2. The van der Waals surface area contributed by atoms with Crippen LogP contribution in [0.3, 0.4) is 0 Å². The molecule has 30 heavy (non-hydrogen) atoms. The molecule has 0 heterocycles. The zero-order valence-corrected chi connectivity index (χ0v) is 21.0. The zero-order valence-electron chi connectivity index (χ0n) is 20.2. The summed E-state index contributed by atoms with van der Waals surface area (Å²) in [6.07, 6.45) is 0. The van der Waals surface area contributed by atoms with Crippen molar-refractivity contribution >= 4 is 10.8 Å². The van der Waals surface area contributed by atoms with Gasteiger partial charge in [-0.05, 0) is 58.1 Å². The van der Waals surface area contributed by atoms with Crippen LogP contribution in [0, 0.1) is 0 Å². The summed E-state index contributed by atoms with van der Waals surface area (Å²) in [5.41, 5.74) is 2.81.